The molecule has 5 rings (SSSR count). The molecular formula is C20H17ClF4N6O2. The average molecular weight is 485 g/mol. The third kappa shape index (κ3) is 4.23. The van der Waals surface area contributed by atoms with Crippen LogP contribution in [0, 0.1) is 5.82 Å². The second kappa shape index (κ2) is 8.60. The number of hydrogen-bond acceptors (Lipinski definition) is 6. The molecule has 0 aliphatic carbocycles. The first kappa shape index (κ1) is 22.9. The van der Waals surface area contributed by atoms with Gasteiger partial charge >= 0.3 is 6.18 Å². The van der Waals surface area contributed by atoms with Crippen LogP contribution >= 0.6 is 12.4 Å². The Balaban J connectivity index is 0.00000259. The Kier molecular flexibility index (Phi) is 5.97. The number of piperidine rings is 1. The van der Waals surface area contributed by atoms with Crippen molar-refractivity contribution in [3.05, 3.63) is 57.9 Å². The van der Waals surface area contributed by atoms with Crippen LogP contribution < -0.4 is 10.9 Å². The van der Waals surface area contributed by atoms with Crippen molar-refractivity contribution >= 4 is 18.1 Å². The maximum Gasteiger partial charge on any atom is 0.419 e. The Bertz CT molecular complexity index is 1360. The largest absolute Gasteiger partial charge is 0.419 e. The van der Waals surface area contributed by atoms with Crippen molar-refractivity contribution in [2.24, 2.45) is 0 Å². The number of H-pyrrole nitrogens is 1. The van der Waals surface area contributed by atoms with Crippen molar-refractivity contribution in [2.45, 2.75) is 24.9 Å². The highest BCUT2D eigenvalue weighted by atomic mass is 35.5. The number of nitrogens with zero attached hydrogens (tertiary/aromatic N) is 4. The number of nitrogens with one attached hydrogen (secondary N) is 2. The van der Waals surface area contributed by atoms with Crippen LogP contribution in [0.25, 0.3) is 28.5 Å². The SMILES string of the molecule is Cl.O=c1cc(C2CCNCC2)n2ncc(-c3nc(-c4ccc(C(F)(F)F)c(F)c4)no3)c2[nH]1. The van der Waals surface area contributed by atoms with Gasteiger partial charge in [-0.15, -0.1) is 12.4 Å². The Hall–Kier alpha value is -3.25. The van der Waals surface area contributed by atoms with E-state index >= 15 is 0 Å². The molecule has 4 aromatic rings. The molecule has 1 saturated heterocycles. The Labute approximate surface area is 189 Å². The van der Waals surface area contributed by atoms with E-state index in [1.54, 1.807) is 4.52 Å². The van der Waals surface area contributed by atoms with E-state index in [0.29, 0.717) is 23.3 Å². The van der Waals surface area contributed by atoms with Gasteiger partial charge in [0.25, 0.3) is 11.4 Å². The molecule has 3 aromatic heterocycles. The van der Waals surface area contributed by atoms with Gasteiger partial charge in [-0.1, -0.05) is 11.2 Å². The summed E-state index contributed by atoms with van der Waals surface area (Å²) in [6.07, 6.45) is -1.63. The normalized spacial score (nSPS) is 15.0. The van der Waals surface area contributed by atoms with Gasteiger partial charge in [-0.05, 0) is 38.1 Å². The lowest BCUT2D eigenvalue weighted by Gasteiger charge is -2.23. The summed E-state index contributed by atoms with van der Waals surface area (Å²) in [7, 11) is 0. The van der Waals surface area contributed by atoms with Crippen LogP contribution in [0.1, 0.15) is 30.0 Å². The first-order valence-corrected chi connectivity index (χ1v) is 9.84. The van der Waals surface area contributed by atoms with Gasteiger partial charge in [0.05, 0.1) is 17.5 Å². The molecule has 0 unspecified atom stereocenters. The first-order chi connectivity index (χ1) is 15.3. The maximum absolute atomic E-state index is 13.9. The average Bonchev–Trinajstić information content (AvgIpc) is 3.40. The number of hydrogen-bond donors (Lipinski definition) is 2. The number of alkyl halides is 3. The number of benzene rings is 1. The standard InChI is InChI=1S/C20H16F4N6O2.ClH/c21-14-7-11(1-2-13(14)20(22,23)24)17-28-19(32-29-17)12-9-26-30-15(8-16(31)27-18(12)30)10-3-5-25-6-4-10;/h1-2,7-10,25H,3-6H2,(H,27,31);1H. The molecule has 2 N–H and O–H groups in total. The minimum absolute atomic E-state index is 0. The number of aromatic nitrogens is 5. The minimum atomic E-state index is -4.81. The lowest BCUT2D eigenvalue weighted by Crippen LogP contribution is -2.28. The zero-order valence-corrected chi connectivity index (χ0v) is 17.6. The zero-order chi connectivity index (χ0) is 22.5. The summed E-state index contributed by atoms with van der Waals surface area (Å²) in [5.74, 6) is -1.38. The molecule has 1 aliphatic rings. The predicted molar refractivity (Wildman–Crippen MR) is 112 cm³/mol. The fourth-order valence-electron chi connectivity index (χ4n) is 3.91. The van der Waals surface area contributed by atoms with Gasteiger partial charge < -0.3 is 14.8 Å². The molecule has 8 nitrogen and oxygen atoms in total. The van der Waals surface area contributed by atoms with Crippen LogP contribution in [0.3, 0.4) is 0 Å². The Morgan fingerprint density at radius 1 is 1.15 bits per heavy atom. The number of aromatic amines is 1. The third-order valence-corrected chi connectivity index (χ3v) is 5.48. The zero-order valence-electron chi connectivity index (χ0n) is 16.8. The molecular weight excluding hydrogens is 468 g/mol. The van der Waals surface area contributed by atoms with Crippen LogP contribution in [0.4, 0.5) is 17.6 Å². The van der Waals surface area contributed by atoms with E-state index in [2.05, 4.69) is 25.5 Å². The molecule has 0 bridgehead atoms. The lowest BCUT2D eigenvalue weighted by molar-refractivity contribution is -0.139. The van der Waals surface area contributed by atoms with Gasteiger partial charge in [-0.2, -0.15) is 23.3 Å². The smallest absolute Gasteiger partial charge is 0.333 e. The van der Waals surface area contributed by atoms with E-state index < -0.39 is 17.6 Å². The van der Waals surface area contributed by atoms with E-state index in [9.17, 15) is 22.4 Å². The van der Waals surface area contributed by atoms with Gasteiger partial charge in [-0.3, -0.25) is 4.79 Å². The monoisotopic (exact) mass is 484 g/mol. The molecule has 0 radical (unpaired) electrons. The van der Waals surface area contributed by atoms with Crippen LogP contribution in [0.15, 0.2) is 39.8 Å². The highest BCUT2D eigenvalue weighted by Crippen LogP contribution is 2.34. The second-order valence-electron chi connectivity index (χ2n) is 7.52. The fraction of sp³-hybridized carbons (Fsp3) is 0.300. The third-order valence-electron chi connectivity index (χ3n) is 5.48. The first-order valence-electron chi connectivity index (χ1n) is 9.84. The van der Waals surface area contributed by atoms with E-state index in [-0.39, 0.29) is 41.2 Å². The quantitative estimate of drug-likeness (QED) is 0.429. The Morgan fingerprint density at radius 2 is 1.91 bits per heavy atom. The van der Waals surface area contributed by atoms with Gasteiger partial charge in [0.2, 0.25) is 5.82 Å². The van der Waals surface area contributed by atoms with Crippen molar-refractivity contribution in [2.75, 3.05) is 13.1 Å². The fourth-order valence-corrected chi connectivity index (χ4v) is 3.91. The Morgan fingerprint density at radius 3 is 2.61 bits per heavy atom. The molecule has 1 aliphatic heterocycles. The lowest BCUT2D eigenvalue weighted by atomic mass is 9.94. The molecule has 1 fully saturated rings. The van der Waals surface area contributed by atoms with Crippen LogP contribution in [-0.2, 0) is 6.18 Å². The molecule has 0 spiro atoms. The van der Waals surface area contributed by atoms with Gasteiger partial charge in [0.1, 0.15) is 17.0 Å². The van der Waals surface area contributed by atoms with E-state index in [4.69, 9.17) is 4.52 Å². The number of halogens is 5. The summed E-state index contributed by atoms with van der Waals surface area (Å²) in [6, 6.07) is 3.90. The number of rotatable bonds is 3. The van der Waals surface area contributed by atoms with Crippen molar-refractivity contribution < 1.29 is 22.1 Å². The van der Waals surface area contributed by atoms with Gasteiger partial charge in [0.15, 0.2) is 0 Å². The molecule has 0 saturated carbocycles. The van der Waals surface area contributed by atoms with Gasteiger partial charge in [-0.25, -0.2) is 8.91 Å². The number of fused-ring (bicyclic) bond motifs is 1. The van der Waals surface area contributed by atoms with E-state index in [1.165, 1.54) is 12.3 Å². The summed E-state index contributed by atoms with van der Waals surface area (Å²) >= 11 is 0. The summed E-state index contributed by atoms with van der Waals surface area (Å²) < 4.78 is 59.2. The van der Waals surface area contributed by atoms with Crippen molar-refractivity contribution in [3.63, 3.8) is 0 Å². The second-order valence-corrected chi connectivity index (χ2v) is 7.52. The summed E-state index contributed by atoms with van der Waals surface area (Å²) in [5, 5.41) is 11.4. The predicted octanol–water partition coefficient (Wildman–Crippen LogP) is 3.79. The molecule has 174 valence electrons. The summed E-state index contributed by atoms with van der Waals surface area (Å²) in [4.78, 5) is 19.2. The molecule has 33 heavy (non-hydrogen) atoms. The molecule has 4 heterocycles. The summed E-state index contributed by atoms with van der Waals surface area (Å²) in [6.45, 7) is 1.67. The highest BCUT2D eigenvalue weighted by Gasteiger charge is 2.34. The van der Waals surface area contributed by atoms with Crippen LogP contribution in [-0.4, -0.2) is 37.8 Å². The van der Waals surface area contributed by atoms with Crippen LogP contribution in [0.5, 0.6) is 0 Å². The minimum Gasteiger partial charge on any atom is -0.333 e. The summed E-state index contributed by atoms with van der Waals surface area (Å²) in [5.41, 5.74) is -0.191. The van der Waals surface area contributed by atoms with E-state index in [1.807, 2.05) is 0 Å². The molecule has 1 aromatic carbocycles. The van der Waals surface area contributed by atoms with Crippen molar-refractivity contribution in [1.82, 2.24) is 30.1 Å². The van der Waals surface area contributed by atoms with Gasteiger partial charge in [0, 0.05) is 17.5 Å². The van der Waals surface area contributed by atoms with Crippen LogP contribution in [0.2, 0.25) is 0 Å². The van der Waals surface area contributed by atoms with Crippen molar-refractivity contribution in [1.29, 1.82) is 0 Å². The molecule has 13 heteroatoms. The molecule has 0 amide bonds. The maximum atomic E-state index is 13.9. The topological polar surface area (TPSA) is 101 Å². The highest BCUT2D eigenvalue weighted by molar-refractivity contribution is 5.85. The molecule has 0 atom stereocenters. The van der Waals surface area contributed by atoms with Crippen molar-refractivity contribution in [3.8, 4) is 22.8 Å². The van der Waals surface area contributed by atoms with E-state index in [0.717, 1.165) is 37.7 Å².